The quantitative estimate of drug-likeness (QED) is 0.330. The van der Waals surface area contributed by atoms with Gasteiger partial charge in [0.2, 0.25) is 0 Å². The number of allylic oxidation sites excluding steroid dienone is 8. The van der Waals surface area contributed by atoms with Crippen molar-refractivity contribution in [2.24, 2.45) is 23.7 Å². The first-order valence-electron chi connectivity index (χ1n) is 9.76. The summed E-state index contributed by atoms with van der Waals surface area (Å²) < 4.78 is 0. The summed E-state index contributed by atoms with van der Waals surface area (Å²) in [6, 6.07) is 0. The first kappa shape index (κ1) is 26.8. The molecular weight excluding hydrogens is 482 g/mol. The van der Waals surface area contributed by atoms with Crippen molar-refractivity contribution in [1.82, 2.24) is 0 Å². The van der Waals surface area contributed by atoms with E-state index in [9.17, 15) is 0 Å². The Balaban J connectivity index is 0.000000739. The molecule has 4 atom stereocenters. The molecule has 0 aromatic heterocycles. The van der Waals surface area contributed by atoms with Gasteiger partial charge in [-0.05, 0) is 77.0 Å². The van der Waals surface area contributed by atoms with Crippen LogP contribution in [-0.4, -0.2) is 10.5 Å². The van der Waals surface area contributed by atoms with Crippen LogP contribution in [-0.2, 0) is 20.8 Å². The summed E-state index contributed by atoms with van der Waals surface area (Å²) in [6.45, 7) is 9.39. The third-order valence-corrected chi connectivity index (χ3v) is 8.52. The van der Waals surface area contributed by atoms with Gasteiger partial charge in [-0.15, -0.1) is 0 Å². The summed E-state index contributed by atoms with van der Waals surface area (Å²) in [5.74, 6) is 3.35. The van der Waals surface area contributed by atoms with Crippen molar-refractivity contribution in [2.45, 2.75) is 63.9 Å². The molecule has 0 spiro atoms. The molecule has 4 rings (SSSR count). The minimum atomic E-state index is -0.826. The molecule has 156 valence electrons. The van der Waals surface area contributed by atoms with Crippen molar-refractivity contribution >= 4 is 28.8 Å². The average Bonchev–Trinajstić information content (AvgIpc) is 3.21. The SMILES string of the molecule is CC1=CC=C(C)C2CC(SC3CC4C(C)=CC=C(C)C4C3)CC12.[CH3-].[CH3-].[Cl][Zr+2][Cl]. The molecule has 0 N–H and O–H groups in total. The molecule has 0 amide bonds. The zero-order valence-corrected chi connectivity index (χ0v) is 23.1. The van der Waals surface area contributed by atoms with E-state index in [-0.39, 0.29) is 14.9 Å². The van der Waals surface area contributed by atoms with Crippen molar-refractivity contribution in [2.75, 3.05) is 0 Å². The van der Waals surface area contributed by atoms with Crippen LogP contribution in [0.5, 0.6) is 0 Å². The molecule has 0 nitrogen and oxygen atoms in total. The van der Waals surface area contributed by atoms with Crippen molar-refractivity contribution < 1.29 is 20.8 Å². The van der Waals surface area contributed by atoms with E-state index in [1.807, 2.05) is 0 Å². The van der Waals surface area contributed by atoms with E-state index < -0.39 is 20.8 Å². The molecule has 0 aliphatic heterocycles. The number of fused-ring (bicyclic) bond motifs is 2. The van der Waals surface area contributed by atoms with E-state index in [4.69, 9.17) is 17.0 Å². The molecule has 4 heteroatoms. The maximum atomic E-state index is 4.93. The van der Waals surface area contributed by atoms with Crippen LogP contribution in [0.25, 0.3) is 0 Å². The van der Waals surface area contributed by atoms with Gasteiger partial charge in [-0.1, -0.05) is 46.6 Å². The second-order valence-corrected chi connectivity index (χ2v) is 13.8. The third-order valence-electron chi connectivity index (χ3n) is 6.98. The van der Waals surface area contributed by atoms with Crippen molar-refractivity contribution in [3.8, 4) is 0 Å². The molecule has 0 bridgehead atoms. The topological polar surface area (TPSA) is 0 Å². The molecule has 4 aliphatic rings. The Hall–Kier alpha value is 0.773. The van der Waals surface area contributed by atoms with Gasteiger partial charge in [-0.3, -0.25) is 0 Å². The maximum absolute atomic E-state index is 4.93. The summed E-state index contributed by atoms with van der Waals surface area (Å²) >= 11 is 1.52. The van der Waals surface area contributed by atoms with E-state index >= 15 is 0 Å². The molecule has 0 radical (unpaired) electrons. The predicted molar refractivity (Wildman–Crippen MR) is 127 cm³/mol. The summed E-state index contributed by atoms with van der Waals surface area (Å²) in [4.78, 5) is 0. The second kappa shape index (κ2) is 12.0. The Morgan fingerprint density at radius 1 is 0.643 bits per heavy atom. The summed E-state index contributed by atoms with van der Waals surface area (Å²) in [7, 11) is 9.87. The Morgan fingerprint density at radius 3 is 1.07 bits per heavy atom. The second-order valence-electron chi connectivity index (χ2n) is 8.46. The van der Waals surface area contributed by atoms with Crippen LogP contribution in [0, 0.1) is 38.5 Å². The molecule has 4 aliphatic carbocycles. The van der Waals surface area contributed by atoms with Gasteiger partial charge in [0.15, 0.2) is 0 Å². The first-order valence-corrected chi connectivity index (χ1v) is 17.0. The van der Waals surface area contributed by atoms with Gasteiger partial charge in [0.05, 0.1) is 0 Å². The Bertz CT molecular complexity index is 543. The number of hydrogen-bond donors (Lipinski definition) is 0. The van der Waals surface area contributed by atoms with Gasteiger partial charge in [0.25, 0.3) is 0 Å². The van der Waals surface area contributed by atoms with Crippen LogP contribution in [0.4, 0.5) is 0 Å². The normalized spacial score (nSPS) is 35.2. The van der Waals surface area contributed by atoms with Crippen LogP contribution in [0.15, 0.2) is 46.6 Å². The summed E-state index contributed by atoms with van der Waals surface area (Å²) in [5, 5.41) is 1.77. The first-order chi connectivity index (χ1) is 12.4. The van der Waals surface area contributed by atoms with Crippen LogP contribution >= 0.6 is 28.8 Å². The molecular formula is C24H36Cl2SZr. The van der Waals surface area contributed by atoms with Gasteiger partial charge in [-0.25, -0.2) is 0 Å². The third kappa shape index (κ3) is 5.93. The van der Waals surface area contributed by atoms with Gasteiger partial charge < -0.3 is 14.9 Å². The van der Waals surface area contributed by atoms with Crippen LogP contribution in [0.2, 0.25) is 0 Å². The van der Waals surface area contributed by atoms with E-state index in [1.165, 1.54) is 25.7 Å². The minimum absolute atomic E-state index is 0. The predicted octanol–water partition coefficient (Wildman–Crippen LogP) is 8.60. The van der Waals surface area contributed by atoms with Gasteiger partial charge in [-0.2, -0.15) is 11.8 Å². The molecule has 0 saturated heterocycles. The molecule has 0 aromatic carbocycles. The van der Waals surface area contributed by atoms with E-state index in [2.05, 4.69) is 63.8 Å². The monoisotopic (exact) mass is 516 g/mol. The fraction of sp³-hybridized carbons (Fsp3) is 0.583. The molecule has 4 unspecified atom stereocenters. The number of thioether (sulfide) groups is 1. The average molecular weight is 519 g/mol. The van der Waals surface area contributed by atoms with E-state index in [0.717, 1.165) is 34.2 Å². The zero-order valence-electron chi connectivity index (χ0n) is 18.3. The van der Waals surface area contributed by atoms with Gasteiger partial charge in [0.1, 0.15) is 0 Å². The number of halogens is 2. The van der Waals surface area contributed by atoms with Gasteiger partial charge >= 0.3 is 37.9 Å². The molecule has 0 heterocycles. The van der Waals surface area contributed by atoms with E-state index in [0.29, 0.717) is 0 Å². The van der Waals surface area contributed by atoms with Crippen LogP contribution < -0.4 is 0 Å². The van der Waals surface area contributed by atoms with Crippen LogP contribution in [0.3, 0.4) is 0 Å². The van der Waals surface area contributed by atoms with Crippen molar-refractivity contribution in [3.05, 3.63) is 61.4 Å². The molecule has 0 aromatic rings. The Morgan fingerprint density at radius 2 is 0.857 bits per heavy atom. The van der Waals surface area contributed by atoms with Gasteiger partial charge in [0, 0.05) is 10.5 Å². The molecule has 2 fully saturated rings. The molecule has 28 heavy (non-hydrogen) atoms. The standard InChI is InChI=1S/C22H30S.2CH3.2ClH.Zr/c1-13-5-6-14(2)20-10-17(9-19(13)20)23-18-11-21-15(3)7-8-16(4)22(21)12-18;;;;;/h5-8,17-22H,9-12H2,1-4H3;2*1H3;2*1H;/q;2*-1;;;+4/p-2. The Labute approximate surface area is 197 Å². The fourth-order valence-corrected chi connectivity index (χ4v) is 7.33. The van der Waals surface area contributed by atoms with Crippen molar-refractivity contribution in [1.29, 1.82) is 0 Å². The van der Waals surface area contributed by atoms with Crippen LogP contribution in [0.1, 0.15) is 53.4 Å². The Kier molecular flexibility index (Phi) is 11.5. The number of hydrogen-bond acceptors (Lipinski definition) is 1. The van der Waals surface area contributed by atoms with Crippen molar-refractivity contribution in [3.63, 3.8) is 0 Å². The van der Waals surface area contributed by atoms with E-state index in [1.54, 1.807) is 22.3 Å². The summed E-state index contributed by atoms with van der Waals surface area (Å²) in [6.07, 6.45) is 15.1. The number of rotatable bonds is 2. The zero-order chi connectivity index (χ0) is 18.8. The molecule has 2 saturated carbocycles. The fourth-order valence-electron chi connectivity index (χ4n) is 5.51. The summed E-state index contributed by atoms with van der Waals surface area (Å²) in [5.41, 5.74) is 6.50.